The molecule has 22 heavy (non-hydrogen) atoms. The molecule has 1 aliphatic heterocycles. The van der Waals surface area contributed by atoms with Gasteiger partial charge in [0.15, 0.2) is 0 Å². The highest BCUT2D eigenvalue weighted by Crippen LogP contribution is 2.27. The third-order valence-electron chi connectivity index (χ3n) is 3.72. The van der Waals surface area contributed by atoms with E-state index in [4.69, 9.17) is 0 Å². The Morgan fingerprint density at radius 3 is 2.95 bits per heavy atom. The summed E-state index contributed by atoms with van der Waals surface area (Å²) in [6.07, 6.45) is 2.20. The molecular formula is C14H19BrN4O3. The molecule has 2 N–H and O–H groups in total. The van der Waals surface area contributed by atoms with Crippen molar-refractivity contribution in [3.8, 4) is 0 Å². The zero-order chi connectivity index (χ0) is 16.1. The van der Waals surface area contributed by atoms with Crippen LogP contribution >= 0.6 is 15.9 Å². The number of likely N-dealkylation sites (N-methyl/N-ethyl adjacent to an activating group) is 1. The predicted octanol–water partition coefficient (Wildman–Crippen LogP) is 1.98. The second-order valence-corrected chi connectivity index (χ2v) is 6.19. The quantitative estimate of drug-likeness (QED) is 0.611. The first-order valence-corrected chi connectivity index (χ1v) is 7.92. The fourth-order valence-corrected chi connectivity index (χ4v) is 3.01. The van der Waals surface area contributed by atoms with Crippen molar-refractivity contribution in [2.45, 2.75) is 18.9 Å². The van der Waals surface area contributed by atoms with Crippen LogP contribution < -0.4 is 10.6 Å². The van der Waals surface area contributed by atoms with E-state index in [-0.39, 0.29) is 11.6 Å². The van der Waals surface area contributed by atoms with E-state index >= 15 is 0 Å². The van der Waals surface area contributed by atoms with Gasteiger partial charge in [-0.1, -0.05) is 0 Å². The molecule has 1 amide bonds. The number of carbonyl (C=O) groups excluding carboxylic acids is 1. The summed E-state index contributed by atoms with van der Waals surface area (Å²) < 4.78 is 0.502. The highest BCUT2D eigenvalue weighted by atomic mass is 79.9. The Balaban J connectivity index is 1.93. The summed E-state index contributed by atoms with van der Waals surface area (Å²) in [6.45, 7) is 2.08. The Morgan fingerprint density at radius 1 is 1.55 bits per heavy atom. The first-order chi connectivity index (χ1) is 10.5. The zero-order valence-electron chi connectivity index (χ0n) is 12.3. The Bertz CT molecular complexity index is 567. The lowest BCUT2D eigenvalue weighted by molar-refractivity contribution is -0.384. The molecular weight excluding hydrogens is 352 g/mol. The Kier molecular flexibility index (Phi) is 5.87. The van der Waals surface area contributed by atoms with Gasteiger partial charge in [0.1, 0.15) is 0 Å². The van der Waals surface area contributed by atoms with Gasteiger partial charge in [-0.3, -0.25) is 19.8 Å². The average Bonchev–Trinajstić information content (AvgIpc) is 2.49. The van der Waals surface area contributed by atoms with E-state index < -0.39 is 4.92 Å². The van der Waals surface area contributed by atoms with Gasteiger partial charge < -0.3 is 10.6 Å². The lowest BCUT2D eigenvalue weighted by Gasteiger charge is -2.31. The number of piperidine rings is 1. The second kappa shape index (κ2) is 7.66. The molecule has 0 spiro atoms. The molecule has 120 valence electrons. The Hall–Kier alpha value is -1.51. The van der Waals surface area contributed by atoms with Crippen LogP contribution in [0.5, 0.6) is 0 Å². The number of hydrogen-bond acceptors (Lipinski definition) is 5. The van der Waals surface area contributed by atoms with Crippen molar-refractivity contribution in [2.24, 2.45) is 0 Å². The lowest BCUT2D eigenvalue weighted by Crippen LogP contribution is -2.46. The van der Waals surface area contributed by atoms with Gasteiger partial charge in [0.2, 0.25) is 5.91 Å². The van der Waals surface area contributed by atoms with Crippen LogP contribution in [0.15, 0.2) is 22.7 Å². The fourth-order valence-electron chi connectivity index (χ4n) is 2.55. The van der Waals surface area contributed by atoms with Crippen molar-refractivity contribution in [3.05, 3.63) is 32.8 Å². The first kappa shape index (κ1) is 16.9. The average molecular weight is 371 g/mol. The van der Waals surface area contributed by atoms with Crippen LogP contribution in [0.4, 0.5) is 11.4 Å². The molecule has 1 heterocycles. The maximum atomic E-state index is 12.1. The number of halogens is 1. The van der Waals surface area contributed by atoms with Gasteiger partial charge in [0, 0.05) is 29.2 Å². The number of non-ortho nitro benzene ring substituents is 1. The van der Waals surface area contributed by atoms with Crippen molar-refractivity contribution in [1.29, 1.82) is 0 Å². The summed E-state index contributed by atoms with van der Waals surface area (Å²) in [6, 6.07) is 4.71. The summed E-state index contributed by atoms with van der Waals surface area (Å²) in [4.78, 5) is 24.5. The minimum absolute atomic E-state index is 0.0160. The van der Waals surface area contributed by atoms with E-state index in [1.165, 1.54) is 18.2 Å². The summed E-state index contributed by atoms with van der Waals surface area (Å²) in [5, 5.41) is 16.7. The van der Waals surface area contributed by atoms with Gasteiger partial charge in [-0.15, -0.1) is 0 Å². The lowest BCUT2D eigenvalue weighted by atomic mass is 10.1. The van der Waals surface area contributed by atoms with Crippen molar-refractivity contribution in [1.82, 2.24) is 10.2 Å². The topological polar surface area (TPSA) is 87.5 Å². The summed E-state index contributed by atoms with van der Waals surface area (Å²) in [7, 11) is 1.93. The third kappa shape index (κ3) is 4.49. The summed E-state index contributed by atoms with van der Waals surface area (Å²) >= 11 is 3.25. The molecule has 1 aromatic carbocycles. The van der Waals surface area contributed by atoms with Crippen LogP contribution in [0.3, 0.4) is 0 Å². The Labute approximate surface area is 137 Å². The number of nitro benzene ring substituents is 1. The maximum absolute atomic E-state index is 12.1. The number of likely N-dealkylation sites (tertiary alicyclic amines) is 1. The molecule has 1 fully saturated rings. The van der Waals surface area contributed by atoms with Crippen LogP contribution in [0.2, 0.25) is 0 Å². The summed E-state index contributed by atoms with van der Waals surface area (Å²) in [5.41, 5.74) is 0.524. The number of rotatable bonds is 5. The predicted molar refractivity (Wildman–Crippen MR) is 87.9 cm³/mol. The molecule has 1 aromatic rings. The van der Waals surface area contributed by atoms with E-state index in [2.05, 4.69) is 31.5 Å². The van der Waals surface area contributed by atoms with E-state index in [0.717, 1.165) is 25.9 Å². The SMILES string of the molecule is CNC1CCCN(CC(=O)Nc2ccc([N+](=O)[O-])cc2Br)C1. The van der Waals surface area contributed by atoms with Crippen LogP contribution in [0.25, 0.3) is 0 Å². The highest BCUT2D eigenvalue weighted by molar-refractivity contribution is 9.10. The van der Waals surface area contributed by atoms with E-state index in [9.17, 15) is 14.9 Å². The first-order valence-electron chi connectivity index (χ1n) is 7.13. The van der Waals surface area contributed by atoms with Crippen LogP contribution in [0.1, 0.15) is 12.8 Å². The molecule has 1 atom stereocenters. The normalized spacial score (nSPS) is 18.9. The van der Waals surface area contributed by atoms with Crippen molar-refractivity contribution < 1.29 is 9.72 Å². The number of carbonyl (C=O) groups is 1. The minimum Gasteiger partial charge on any atom is -0.324 e. The molecule has 0 radical (unpaired) electrons. The molecule has 2 rings (SSSR count). The number of nitrogens with one attached hydrogen (secondary N) is 2. The zero-order valence-corrected chi connectivity index (χ0v) is 13.9. The molecule has 7 nitrogen and oxygen atoms in total. The Morgan fingerprint density at radius 2 is 2.32 bits per heavy atom. The second-order valence-electron chi connectivity index (χ2n) is 5.33. The van der Waals surface area contributed by atoms with Gasteiger partial charge in [-0.05, 0) is 48.4 Å². The molecule has 1 unspecified atom stereocenters. The molecule has 8 heteroatoms. The number of nitrogens with zero attached hydrogens (tertiary/aromatic N) is 2. The number of benzene rings is 1. The van der Waals surface area contributed by atoms with Gasteiger partial charge in [-0.2, -0.15) is 0 Å². The van der Waals surface area contributed by atoms with Gasteiger partial charge >= 0.3 is 0 Å². The van der Waals surface area contributed by atoms with Crippen molar-refractivity contribution in [2.75, 3.05) is 32.0 Å². The van der Waals surface area contributed by atoms with Crippen LogP contribution in [0, 0.1) is 10.1 Å². The molecule has 0 saturated carbocycles. The molecule has 1 aliphatic rings. The van der Waals surface area contributed by atoms with Crippen LogP contribution in [-0.4, -0.2) is 48.5 Å². The number of hydrogen-bond donors (Lipinski definition) is 2. The smallest absolute Gasteiger partial charge is 0.270 e. The molecule has 0 aliphatic carbocycles. The standard InChI is InChI=1S/C14H19BrN4O3/c1-16-10-3-2-6-18(8-10)9-14(20)17-13-5-4-11(19(21)22)7-12(13)15/h4-5,7,10,16H,2-3,6,8-9H2,1H3,(H,17,20). The van der Waals surface area contributed by atoms with Crippen molar-refractivity contribution >= 4 is 33.2 Å². The molecule has 0 aromatic heterocycles. The number of amides is 1. The maximum Gasteiger partial charge on any atom is 0.270 e. The number of anilines is 1. The monoisotopic (exact) mass is 370 g/mol. The fraction of sp³-hybridized carbons (Fsp3) is 0.500. The van der Waals surface area contributed by atoms with Gasteiger partial charge in [-0.25, -0.2) is 0 Å². The third-order valence-corrected chi connectivity index (χ3v) is 4.37. The van der Waals surface area contributed by atoms with Gasteiger partial charge in [0.25, 0.3) is 5.69 Å². The van der Waals surface area contributed by atoms with Crippen molar-refractivity contribution in [3.63, 3.8) is 0 Å². The highest BCUT2D eigenvalue weighted by Gasteiger charge is 2.20. The van der Waals surface area contributed by atoms with Gasteiger partial charge in [0.05, 0.1) is 17.2 Å². The molecule has 1 saturated heterocycles. The largest absolute Gasteiger partial charge is 0.324 e. The van der Waals surface area contributed by atoms with E-state index in [1.54, 1.807) is 0 Å². The molecule has 0 bridgehead atoms. The van der Waals surface area contributed by atoms with Crippen LogP contribution in [-0.2, 0) is 4.79 Å². The van der Waals surface area contributed by atoms with E-state index in [0.29, 0.717) is 22.7 Å². The minimum atomic E-state index is -0.470. The van der Waals surface area contributed by atoms with E-state index in [1.807, 2.05) is 7.05 Å². The number of nitro groups is 1. The summed E-state index contributed by atoms with van der Waals surface area (Å²) in [5.74, 6) is -0.119.